The van der Waals surface area contributed by atoms with E-state index >= 15 is 0 Å². The van der Waals surface area contributed by atoms with E-state index in [4.69, 9.17) is 15.1 Å². The highest BCUT2D eigenvalue weighted by Crippen LogP contribution is 2.15. The number of nitrogens with two attached hydrogens (primary N) is 1. The summed E-state index contributed by atoms with van der Waals surface area (Å²) in [4.78, 5) is 3.90. The molecule has 0 aliphatic rings. The molecule has 2 heterocycles. The van der Waals surface area contributed by atoms with Crippen molar-refractivity contribution in [2.75, 3.05) is 12.5 Å². The molecule has 15 heavy (non-hydrogen) atoms. The van der Waals surface area contributed by atoms with Crippen molar-refractivity contribution in [1.29, 1.82) is 0 Å². The highest BCUT2D eigenvalue weighted by atomic mass is 16.5. The van der Waals surface area contributed by atoms with Gasteiger partial charge in [-0.25, -0.2) is 5.84 Å². The Kier molecular flexibility index (Phi) is 2.42. The normalized spacial score (nSPS) is 10.0. The SMILES string of the molecule is COc1ccc(-c2noc(NN)n2)nn1. The molecular formula is C7H8N6O2. The van der Waals surface area contributed by atoms with Crippen LogP contribution in [0.25, 0.3) is 11.5 Å². The first kappa shape index (κ1) is 9.34. The molecule has 0 unspecified atom stereocenters. The summed E-state index contributed by atoms with van der Waals surface area (Å²) < 4.78 is 9.59. The van der Waals surface area contributed by atoms with Crippen LogP contribution in [0.2, 0.25) is 0 Å². The molecule has 0 spiro atoms. The number of nitrogen functional groups attached to an aromatic ring is 1. The summed E-state index contributed by atoms with van der Waals surface area (Å²) in [5.74, 6) is 5.80. The Morgan fingerprint density at radius 1 is 1.40 bits per heavy atom. The van der Waals surface area contributed by atoms with Crippen molar-refractivity contribution in [1.82, 2.24) is 20.3 Å². The fourth-order valence-electron chi connectivity index (χ4n) is 0.934. The second kappa shape index (κ2) is 3.88. The van der Waals surface area contributed by atoms with Gasteiger partial charge in [0.2, 0.25) is 11.7 Å². The minimum atomic E-state index is 0.114. The van der Waals surface area contributed by atoms with Crippen LogP contribution in [0, 0.1) is 0 Å². The predicted octanol–water partition coefficient (Wildman–Crippen LogP) is -0.179. The van der Waals surface area contributed by atoms with Crippen LogP contribution in [0.15, 0.2) is 16.7 Å². The van der Waals surface area contributed by atoms with E-state index in [1.54, 1.807) is 12.1 Å². The topological polar surface area (TPSA) is 112 Å². The van der Waals surface area contributed by atoms with Crippen LogP contribution in [-0.4, -0.2) is 27.4 Å². The zero-order chi connectivity index (χ0) is 10.7. The Morgan fingerprint density at radius 3 is 2.80 bits per heavy atom. The number of hydrazine groups is 1. The van der Waals surface area contributed by atoms with E-state index in [0.29, 0.717) is 17.4 Å². The van der Waals surface area contributed by atoms with Gasteiger partial charge in [0.05, 0.1) is 7.11 Å². The lowest BCUT2D eigenvalue weighted by atomic mass is 10.4. The lowest BCUT2D eigenvalue weighted by molar-refractivity contribution is 0.392. The fourth-order valence-corrected chi connectivity index (χ4v) is 0.934. The molecule has 3 N–H and O–H groups in total. The predicted molar refractivity (Wildman–Crippen MR) is 49.7 cm³/mol. The molecule has 78 valence electrons. The first-order chi connectivity index (χ1) is 7.33. The van der Waals surface area contributed by atoms with E-state index in [0.717, 1.165) is 0 Å². The number of nitrogens with zero attached hydrogens (tertiary/aromatic N) is 4. The number of hydrogen-bond acceptors (Lipinski definition) is 8. The van der Waals surface area contributed by atoms with Crippen LogP contribution in [-0.2, 0) is 0 Å². The van der Waals surface area contributed by atoms with Gasteiger partial charge in [0.25, 0.3) is 0 Å². The van der Waals surface area contributed by atoms with Gasteiger partial charge < -0.3 is 9.26 Å². The standard InChI is InChI=1S/C7H8N6O2/c1-14-5-3-2-4(11-12-5)6-9-7(10-8)15-13-6/h2-3H,8H2,1H3,(H,9,10,13). The van der Waals surface area contributed by atoms with E-state index in [2.05, 4.69) is 25.8 Å². The van der Waals surface area contributed by atoms with Crippen LogP contribution < -0.4 is 16.0 Å². The third kappa shape index (κ3) is 1.83. The molecular weight excluding hydrogens is 200 g/mol. The van der Waals surface area contributed by atoms with Gasteiger partial charge in [-0.05, 0) is 6.07 Å². The van der Waals surface area contributed by atoms with Gasteiger partial charge >= 0.3 is 6.01 Å². The van der Waals surface area contributed by atoms with Gasteiger partial charge in [-0.2, -0.15) is 4.98 Å². The number of nitrogens with one attached hydrogen (secondary N) is 1. The van der Waals surface area contributed by atoms with Crippen molar-refractivity contribution >= 4 is 6.01 Å². The third-order valence-corrected chi connectivity index (χ3v) is 1.63. The molecule has 0 aromatic carbocycles. The number of hydrogen-bond donors (Lipinski definition) is 2. The van der Waals surface area contributed by atoms with Crippen molar-refractivity contribution < 1.29 is 9.26 Å². The summed E-state index contributed by atoms with van der Waals surface area (Å²) in [6.07, 6.45) is 0. The van der Waals surface area contributed by atoms with Crippen LogP contribution in [0.3, 0.4) is 0 Å². The van der Waals surface area contributed by atoms with Crippen molar-refractivity contribution in [2.45, 2.75) is 0 Å². The first-order valence-electron chi connectivity index (χ1n) is 4.02. The van der Waals surface area contributed by atoms with Crippen molar-refractivity contribution in [3.63, 3.8) is 0 Å². The summed E-state index contributed by atoms with van der Waals surface area (Å²) in [6.45, 7) is 0. The van der Waals surface area contributed by atoms with E-state index in [9.17, 15) is 0 Å². The Morgan fingerprint density at radius 2 is 2.27 bits per heavy atom. The Balaban J connectivity index is 2.28. The second-order valence-electron chi connectivity index (χ2n) is 2.53. The average molecular weight is 208 g/mol. The zero-order valence-corrected chi connectivity index (χ0v) is 7.84. The molecule has 0 saturated heterocycles. The number of methoxy groups -OCH3 is 1. The van der Waals surface area contributed by atoms with Crippen molar-refractivity contribution in [3.05, 3.63) is 12.1 Å². The zero-order valence-electron chi connectivity index (χ0n) is 7.84. The minimum Gasteiger partial charge on any atom is -0.480 e. The van der Waals surface area contributed by atoms with Crippen LogP contribution in [0.4, 0.5) is 6.01 Å². The summed E-state index contributed by atoms with van der Waals surface area (Å²) in [5, 5.41) is 11.2. The summed E-state index contributed by atoms with van der Waals surface area (Å²) >= 11 is 0. The maximum atomic E-state index is 5.08. The molecule has 0 saturated carbocycles. The van der Waals surface area contributed by atoms with Crippen molar-refractivity contribution in [3.8, 4) is 17.4 Å². The molecule has 0 radical (unpaired) electrons. The lowest BCUT2D eigenvalue weighted by Crippen LogP contribution is -2.06. The smallest absolute Gasteiger partial charge is 0.335 e. The number of rotatable bonds is 3. The largest absolute Gasteiger partial charge is 0.480 e. The van der Waals surface area contributed by atoms with Gasteiger partial charge in [-0.1, -0.05) is 5.16 Å². The van der Waals surface area contributed by atoms with Gasteiger partial charge in [-0.3, -0.25) is 5.43 Å². The average Bonchev–Trinajstić information content (AvgIpc) is 2.78. The van der Waals surface area contributed by atoms with Crippen molar-refractivity contribution in [2.24, 2.45) is 5.84 Å². The van der Waals surface area contributed by atoms with Crippen LogP contribution in [0.5, 0.6) is 5.88 Å². The molecule has 0 atom stereocenters. The summed E-state index contributed by atoms with van der Waals surface area (Å²) in [6, 6.07) is 3.42. The maximum Gasteiger partial charge on any atom is 0.335 e. The van der Waals surface area contributed by atoms with E-state index < -0.39 is 0 Å². The van der Waals surface area contributed by atoms with Crippen LogP contribution >= 0.6 is 0 Å². The molecule has 2 rings (SSSR count). The molecule has 0 fully saturated rings. The van der Waals surface area contributed by atoms with Crippen LogP contribution in [0.1, 0.15) is 0 Å². The third-order valence-electron chi connectivity index (χ3n) is 1.63. The molecule has 2 aromatic heterocycles. The van der Waals surface area contributed by atoms with E-state index in [1.807, 2.05) is 0 Å². The minimum absolute atomic E-state index is 0.114. The number of aromatic nitrogens is 4. The lowest BCUT2D eigenvalue weighted by Gasteiger charge is -1.96. The Labute approximate surface area is 84.4 Å². The Bertz CT molecular complexity index is 439. The highest BCUT2D eigenvalue weighted by Gasteiger charge is 2.09. The molecule has 8 nitrogen and oxygen atoms in total. The fraction of sp³-hybridized carbons (Fsp3) is 0.143. The van der Waals surface area contributed by atoms with E-state index in [-0.39, 0.29) is 6.01 Å². The van der Waals surface area contributed by atoms with Gasteiger partial charge in [-0.15, -0.1) is 10.2 Å². The number of ether oxygens (including phenoxy) is 1. The second-order valence-corrected chi connectivity index (χ2v) is 2.53. The Hall–Kier alpha value is -2.22. The molecule has 0 aliphatic heterocycles. The molecule has 2 aromatic rings. The molecule has 0 aliphatic carbocycles. The summed E-state index contributed by atoms with van der Waals surface area (Å²) in [5.41, 5.74) is 2.70. The quantitative estimate of drug-likeness (QED) is 0.527. The maximum absolute atomic E-state index is 5.08. The monoisotopic (exact) mass is 208 g/mol. The van der Waals surface area contributed by atoms with E-state index in [1.165, 1.54) is 7.11 Å². The summed E-state index contributed by atoms with van der Waals surface area (Å²) in [7, 11) is 1.51. The molecule has 0 bridgehead atoms. The first-order valence-corrected chi connectivity index (χ1v) is 4.02. The highest BCUT2D eigenvalue weighted by molar-refractivity contribution is 5.49. The van der Waals surface area contributed by atoms with Gasteiger partial charge in [0.1, 0.15) is 5.69 Å². The van der Waals surface area contributed by atoms with Gasteiger partial charge in [0.15, 0.2) is 0 Å². The number of anilines is 1. The molecule has 0 amide bonds. The van der Waals surface area contributed by atoms with Gasteiger partial charge in [0, 0.05) is 6.07 Å². The molecule has 8 heteroatoms.